The Morgan fingerprint density at radius 1 is 0.960 bits per heavy atom. The van der Waals surface area contributed by atoms with E-state index in [4.69, 9.17) is 0 Å². The molecule has 0 radical (unpaired) electrons. The van der Waals surface area contributed by atoms with Gasteiger partial charge in [-0.1, -0.05) is 18.2 Å². The molecule has 0 fully saturated rings. The second-order valence-electron chi connectivity index (χ2n) is 5.37. The van der Waals surface area contributed by atoms with Crippen LogP contribution in [0.4, 0.5) is 14.5 Å². The SMILES string of the molecule is COC(=O)/C(C)=C(\C)c1ccc(NC(=O)c2c(F)cccc2F)cc1. The molecule has 2 aromatic rings. The van der Waals surface area contributed by atoms with E-state index in [1.54, 1.807) is 38.1 Å². The predicted octanol–water partition coefficient (Wildman–Crippen LogP) is 4.18. The lowest BCUT2D eigenvalue weighted by Gasteiger charge is -2.10. The van der Waals surface area contributed by atoms with Gasteiger partial charge in [0.1, 0.15) is 17.2 Å². The molecule has 0 unspecified atom stereocenters. The molecular formula is C19H17F2NO3. The Morgan fingerprint density at radius 3 is 2.04 bits per heavy atom. The fourth-order valence-electron chi connectivity index (χ4n) is 2.23. The molecule has 0 aliphatic carbocycles. The Morgan fingerprint density at radius 2 is 1.52 bits per heavy atom. The number of amides is 1. The lowest BCUT2D eigenvalue weighted by molar-refractivity contribution is -0.135. The smallest absolute Gasteiger partial charge is 0.333 e. The zero-order chi connectivity index (χ0) is 18.6. The third kappa shape index (κ3) is 4.09. The normalized spacial score (nSPS) is 11.6. The number of carbonyl (C=O) groups is 2. The number of hydrogen-bond donors (Lipinski definition) is 1. The first-order valence-electron chi connectivity index (χ1n) is 7.46. The van der Waals surface area contributed by atoms with Gasteiger partial charge in [-0.15, -0.1) is 0 Å². The molecule has 4 nitrogen and oxygen atoms in total. The fourth-order valence-corrected chi connectivity index (χ4v) is 2.23. The van der Waals surface area contributed by atoms with E-state index in [2.05, 4.69) is 10.1 Å². The number of methoxy groups -OCH3 is 1. The minimum atomic E-state index is -0.929. The maximum absolute atomic E-state index is 13.6. The second-order valence-corrected chi connectivity index (χ2v) is 5.37. The Kier molecular flexibility index (Phi) is 5.64. The topological polar surface area (TPSA) is 55.4 Å². The third-order valence-electron chi connectivity index (χ3n) is 3.82. The first-order valence-corrected chi connectivity index (χ1v) is 7.46. The van der Waals surface area contributed by atoms with Gasteiger partial charge in [0.15, 0.2) is 0 Å². The monoisotopic (exact) mass is 345 g/mol. The van der Waals surface area contributed by atoms with Crippen molar-refractivity contribution in [3.63, 3.8) is 0 Å². The molecule has 130 valence electrons. The van der Waals surface area contributed by atoms with Crippen molar-refractivity contribution >= 4 is 23.1 Å². The zero-order valence-electron chi connectivity index (χ0n) is 14.0. The highest BCUT2D eigenvalue weighted by Crippen LogP contribution is 2.22. The molecule has 1 N–H and O–H groups in total. The summed E-state index contributed by atoms with van der Waals surface area (Å²) in [5, 5.41) is 2.44. The predicted molar refractivity (Wildman–Crippen MR) is 91.0 cm³/mol. The molecule has 0 bridgehead atoms. The molecule has 0 aliphatic rings. The summed E-state index contributed by atoms with van der Waals surface area (Å²) in [4.78, 5) is 23.6. The molecular weight excluding hydrogens is 328 g/mol. The number of anilines is 1. The summed E-state index contributed by atoms with van der Waals surface area (Å²) >= 11 is 0. The van der Waals surface area contributed by atoms with Gasteiger partial charge in [-0.3, -0.25) is 4.79 Å². The molecule has 6 heteroatoms. The number of esters is 1. The second kappa shape index (κ2) is 7.70. The minimum Gasteiger partial charge on any atom is -0.466 e. The molecule has 0 spiro atoms. The molecule has 0 heterocycles. The lowest BCUT2D eigenvalue weighted by atomic mass is 10.0. The highest BCUT2D eigenvalue weighted by molar-refractivity contribution is 6.04. The summed E-state index contributed by atoms with van der Waals surface area (Å²) in [7, 11) is 1.31. The quantitative estimate of drug-likeness (QED) is 0.668. The van der Waals surface area contributed by atoms with Crippen molar-refractivity contribution < 1.29 is 23.1 Å². The Bertz CT molecular complexity index is 822. The van der Waals surface area contributed by atoms with Gasteiger partial charge in [0.25, 0.3) is 5.91 Å². The van der Waals surface area contributed by atoms with Crippen LogP contribution in [0.5, 0.6) is 0 Å². The number of allylic oxidation sites excluding steroid dienone is 1. The van der Waals surface area contributed by atoms with Gasteiger partial charge in [-0.05, 0) is 49.2 Å². The third-order valence-corrected chi connectivity index (χ3v) is 3.82. The van der Waals surface area contributed by atoms with Crippen molar-refractivity contribution in [3.8, 4) is 0 Å². The summed E-state index contributed by atoms with van der Waals surface area (Å²) < 4.78 is 31.9. The van der Waals surface area contributed by atoms with E-state index in [9.17, 15) is 18.4 Å². The number of halogens is 2. The Hall–Kier alpha value is -3.02. The van der Waals surface area contributed by atoms with Gasteiger partial charge in [-0.25, -0.2) is 13.6 Å². The number of nitrogens with one attached hydrogen (secondary N) is 1. The number of carbonyl (C=O) groups excluding carboxylic acids is 2. The van der Waals surface area contributed by atoms with Crippen molar-refractivity contribution in [2.45, 2.75) is 13.8 Å². The van der Waals surface area contributed by atoms with E-state index in [0.29, 0.717) is 11.3 Å². The van der Waals surface area contributed by atoms with Crippen molar-refractivity contribution in [1.82, 2.24) is 0 Å². The molecule has 0 saturated heterocycles. The average Bonchev–Trinajstić information content (AvgIpc) is 2.60. The first kappa shape index (κ1) is 18.3. The van der Waals surface area contributed by atoms with Crippen LogP contribution in [0.25, 0.3) is 5.57 Å². The molecule has 0 atom stereocenters. The van der Waals surface area contributed by atoms with Crippen LogP contribution in [0.3, 0.4) is 0 Å². The maximum atomic E-state index is 13.6. The van der Waals surface area contributed by atoms with E-state index >= 15 is 0 Å². The summed E-state index contributed by atoms with van der Waals surface area (Å²) in [6, 6.07) is 9.77. The number of benzene rings is 2. The van der Waals surface area contributed by atoms with Gasteiger partial charge in [0.2, 0.25) is 0 Å². The average molecular weight is 345 g/mol. The molecule has 25 heavy (non-hydrogen) atoms. The Labute approximate surface area is 144 Å². The zero-order valence-corrected chi connectivity index (χ0v) is 14.0. The summed E-state index contributed by atoms with van der Waals surface area (Å²) in [5.41, 5.74) is 1.69. The molecule has 1 amide bonds. The molecule has 0 saturated carbocycles. The largest absolute Gasteiger partial charge is 0.466 e. The highest BCUT2D eigenvalue weighted by atomic mass is 19.1. The number of hydrogen-bond acceptors (Lipinski definition) is 3. The minimum absolute atomic E-state index is 0.375. The van der Waals surface area contributed by atoms with Crippen LogP contribution < -0.4 is 5.32 Å². The van der Waals surface area contributed by atoms with E-state index in [-0.39, 0.29) is 0 Å². The van der Waals surface area contributed by atoms with Crippen LogP contribution >= 0.6 is 0 Å². The maximum Gasteiger partial charge on any atom is 0.333 e. The van der Waals surface area contributed by atoms with Crippen LogP contribution in [-0.4, -0.2) is 19.0 Å². The van der Waals surface area contributed by atoms with Crippen molar-refractivity contribution in [3.05, 3.63) is 70.8 Å². The van der Waals surface area contributed by atoms with E-state index < -0.39 is 29.1 Å². The molecule has 0 aliphatic heterocycles. The van der Waals surface area contributed by atoms with E-state index in [1.807, 2.05) is 0 Å². The van der Waals surface area contributed by atoms with Crippen LogP contribution in [0.2, 0.25) is 0 Å². The van der Waals surface area contributed by atoms with Crippen molar-refractivity contribution in [1.29, 1.82) is 0 Å². The van der Waals surface area contributed by atoms with Crippen LogP contribution in [0, 0.1) is 11.6 Å². The highest BCUT2D eigenvalue weighted by Gasteiger charge is 2.17. The Balaban J connectivity index is 2.21. The van der Waals surface area contributed by atoms with Crippen LogP contribution in [0.15, 0.2) is 48.0 Å². The number of rotatable bonds is 4. The van der Waals surface area contributed by atoms with Gasteiger partial charge in [0.05, 0.1) is 7.11 Å². The van der Waals surface area contributed by atoms with Gasteiger partial charge >= 0.3 is 5.97 Å². The van der Waals surface area contributed by atoms with Crippen LogP contribution in [-0.2, 0) is 9.53 Å². The van der Waals surface area contributed by atoms with Gasteiger partial charge in [0, 0.05) is 11.3 Å². The molecule has 2 aromatic carbocycles. The van der Waals surface area contributed by atoms with Crippen LogP contribution in [0.1, 0.15) is 29.8 Å². The number of ether oxygens (including phenoxy) is 1. The van der Waals surface area contributed by atoms with Crippen molar-refractivity contribution in [2.24, 2.45) is 0 Å². The summed E-state index contributed by atoms with van der Waals surface area (Å²) in [5.74, 6) is -3.16. The standard InChI is InChI=1S/C19H17F2NO3/c1-11(12(2)19(24)25-3)13-7-9-14(10-8-13)22-18(23)17-15(20)5-4-6-16(17)21/h4-10H,1-3H3,(H,22,23)/b12-11+. The summed E-state index contributed by atoms with van der Waals surface area (Å²) in [6.45, 7) is 3.42. The lowest BCUT2D eigenvalue weighted by Crippen LogP contribution is -2.15. The molecule has 2 rings (SSSR count). The summed E-state index contributed by atoms with van der Waals surface area (Å²) in [6.07, 6.45) is 0. The van der Waals surface area contributed by atoms with E-state index in [1.165, 1.54) is 13.2 Å². The first-order chi connectivity index (χ1) is 11.8. The fraction of sp³-hybridized carbons (Fsp3) is 0.158. The molecule has 0 aromatic heterocycles. The van der Waals surface area contributed by atoms with Gasteiger partial charge in [-0.2, -0.15) is 0 Å². The van der Waals surface area contributed by atoms with E-state index in [0.717, 1.165) is 23.3 Å². The van der Waals surface area contributed by atoms with Gasteiger partial charge < -0.3 is 10.1 Å². The van der Waals surface area contributed by atoms with Crippen molar-refractivity contribution in [2.75, 3.05) is 12.4 Å².